The third kappa shape index (κ3) is 3.66. The third-order valence-corrected chi connectivity index (χ3v) is 2.58. The van der Waals surface area contributed by atoms with Crippen LogP contribution in [0.2, 0.25) is 5.02 Å². The first-order valence-corrected chi connectivity index (χ1v) is 5.95. The van der Waals surface area contributed by atoms with Gasteiger partial charge in [0, 0.05) is 18.3 Å². The predicted octanol–water partition coefficient (Wildman–Crippen LogP) is 3.61. The summed E-state index contributed by atoms with van der Waals surface area (Å²) in [6.45, 7) is 4.22. The van der Waals surface area contributed by atoms with Crippen LogP contribution in [0, 0.1) is 5.82 Å². The summed E-state index contributed by atoms with van der Waals surface area (Å²) in [4.78, 5) is 8.12. The molecule has 19 heavy (non-hydrogen) atoms. The Hall–Kier alpha value is -2.14. The lowest BCUT2D eigenvalue weighted by molar-refractivity contribution is 0.628. The van der Waals surface area contributed by atoms with Crippen LogP contribution in [0.1, 0.15) is 0 Å². The van der Waals surface area contributed by atoms with Crippen LogP contribution >= 0.6 is 11.6 Å². The number of nitrogens with one attached hydrogen (secondary N) is 2. The molecule has 0 aliphatic rings. The number of anilines is 3. The number of hydrogen-bond acceptors (Lipinski definition) is 4. The summed E-state index contributed by atoms with van der Waals surface area (Å²) in [6, 6.07) is 6.11. The number of rotatable bonds is 5. The Balaban J connectivity index is 2.13. The molecule has 6 heteroatoms. The minimum atomic E-state index is -0.455. The fourth-order valence-corrected chi connectivity index (χ4v) is 1.60. The largest absolute Gasteiger partial charge is 0.366 e. The molecular weight excluding hydrogens is 267 g/mol. The minimum Gasteiger partial charge on any atom is -0.366 e. The Morgan fingerprint density at radius 1 is 1.26 bits per heavy atom. The summed E-state index contributed by atoms with van der Waals surface area (Å²) in [5.74, 6) is 0.804. The minimum absolute atomic E-state index is 0.0593. The highest BCUT2D eigenvalue weighted by atomic mass is 35.5. The topological polar surface area (TPSA) is 49.8 Å². The van der Waals surface area contributed by atoms with Crippen LogP contribution in [-0.2, 0) is 0 Å². The fourth-order valence-electron chi connectivity index (χ4n) is 1.42. The second kappa shape index (κ2) is 6.15. The molecule has 0 radical (unpaired) electrons. The van der Waals surface area contributed by atoms with E-state index in [0.29, 0.717) is 23.9 Å². The highest BCUT2D eigenvalue weighted by molar-refractivity contribution is 6.31. The van der Waals surface area contributed by atoms with Gasteiger partial charge in [-0.25, -0.2) is 14.4 Å². The maximum absolute atomic E-state index is 13.0. The Kier molecular flexibility index (Phi) is 4.30. The van der Waals surface area contributed by atoms with Crippen molar-refractivity contribution >= 4 is 28.9 Å². The Morgan fingerprint density at radius 2 is 2.05 bits per heavy atom. The molecule has 4 nitrogen and oxygen atoms in total. The van der Waals surface area contributed by atoms with Crippen molar-refractivity contribution in [2.24, 2.45) is 0 Å². The van der Waals surface area contributed by atoms with Gasteiger partial charge in [0.05, 0.1) is 5.02 Å². The second-order valence-electron chi connectivity index (χ2n) is 3.71. The number of nitrogens with zero attached hydrogens (tertiary/aromatic N) is 2. The SMILES string of the molecule is C=CCNc1cc(Nc2ccc(F)c(Cl)c2)ncn1. The van der Waals surface area contributed by atoms with E-state index in [1.54, 1.807) is 18.2 Å². The molecule has 1 aromatic heterocycles. The second-order valence-corrected chi connectivity index (χ2v) is 4.12. The monoisotopic (exact) mass is 278 g/mol. The number of hydrogen-bond donors (Lipinski definition) is 2. The molecule has 0 amide bonds. The zero-order valence-corrected chi connectivity index (χ0v) is 10.8. The van der Waals surface area contributed by atoms with Gasteiger partial charge < -0.3 is 10.6 Å². The van der Waals surface area contributed by atoms with Crippen molar-refractivity contribution in [3.8, 4) is 0 Å². The average molecular weight is 279 g/mol. The highest BCUT2D eigenvalue weighted by Gasteiger charge is 2.03. The Bertz CT molecular complexity index is 589. The molecule has 1 aromatic carbocycles. The molecule has 0 fully saturated rings. The van der Waals surface area contributed by atoms with Crippen LogP contribution in [0.25, 0.3) is 0 Å². The van der Waals surface area contributed by atoms with E-state index in [2.05, 4.69) is 27.2 Å². The molecule has 0 aliphatic carbocycles. The van der Waals surface area contributed by atoms with Crippen molar-refractivity contribution in [3.63, 3.8) is 0 Å². The normalized spacial score (nSPS) is 10.0. The van der Waals surface area contributed by atoms with Gasteiger partial charge in [-0.05, 0) is 18.2 Å². The molecule has 0 saturated carbocycles. The predicted molar refractivity (Wildman–Crippen MR) is 75.4 cm³/mol. The van der Waals surface area contributed by atoms with Crippen LogP contribution < -0.4 is 10.6 Å². The van der Waals surface area contributed by atoms with Crippen molar-refractivity contribution < 1.29 is 4.39 Å². The summed E-state index contributed by atoms with van der Waals surface area (Å²) >= 11 is 5.71. The molecule has 0 atom stereocenters. The molecule has 2 aromatic rings. The molecule has 0 spiro atoms. The Labute approximate surface area is 115 Å². The van der Waals surface area contributed by atoms with Crippen molar-refractivity contribution in [2.45, 2.75) is 0 Å². The van der Waals surface area contributed by atoms with E-state index in [1.807, 2.05) is 0 Å². The van der Waals surface area contributed by atoms with Crippen LogP contribution in [0.15, 0.2) is 43.2 Å². The number of aromatic nitrogens is 2. The van der Waals surface area contributed by atoms with Crippen LogP contribution in [0.4, 0.5) is 21.7 Å². The standard InChI is InChI=1S/C13H12ClFN4/c1-2-5-16-12-7-13(18-8-17-12)19-9-3-4-11(15)10(14)6-9/h2-4,6-8H,1,5H2,(H2,16,17,18,19). The molecule has 2 N–H and O–H groups in total. The van der Waals surface area contributed by atoms with Gasteiger partial charge in [-0.1, -0.05) is 17.7 Å². The quantitative estimate of drug-likeness (QED) is 0.821. The van der Waals surface area contributed by atoms with Gasteiger partial charge in [0.15, 0.2) is 0 Å². The molecule has 2 rings (SSSR count). The number of halogens is 2. The van der Waals surface area contributed by atoms with Gasteiger partial charge in [-0.3, -0.25) is 0 Å². The summed E-state index contributed by atoms with van der Waals surface area (Å²) in [6.07, 6.45) is 3.16. The zero-order valence-electron chi connectivity index (χ0n) is 10.0. The molecule has 0 unspecified atom stereocenters. The third-order valence-electron chi connectivity index (χ3n) is 2.29. The summed E-state index contributed by atoms with van der Waals surface area (Å²) < 4.78 is 13.0. The summed E-state index contributed by atoms with van der Waals surface area (Å²) in [5, 5.41) is 6.13. The van der Waals surface area contributed by atoms with Gasteiger partial charge >= 0.3 is 0 Å². The van der Waals surface area contributed by atoms with Crippen LogP contribution in [0.3, 0.4) is 0 Å². The van der Waals surface area contributed by atoms with E-state index >= 15 is 0 Å². The first-order chi connectivity index (χ1) is 9.19. The first-order valence-electron chi connectivity index (χ1n) is 5.58. The van der Waals surface area contributed by atoms with E-state index < -0.39 is 5.82 Å². The maximum atomic E-state index is 13.0. The number of benzene rings is 1. The lowest BCUT2D eigenvalue weighted by Crippen LogP contribution is -2.02. The smallest absolute Gasteiger partial charge is 0.141 e. The van der Waals surface area contributed by atoms with Crippen molar-refractivity contribution in [2.75, 3.05) is 17.2 Å². The molecule has 0 saturated heterocycles. The van der Waals surface area contributed by atoms with Gasteiger partial charge in [0.25, 0.3) is 0 Å². The lowest BCUT2D eigenvalue weighted by Gasteiger charge is -2.08. The molecule has 0 aliphatic heterocycles. The summed E-state index contributed by atoms with van der Waals surface area (Å²) in [7, 11) is 0. The summed E-state index contributed by atoms with van der Waals surface area (Å²) in [5.41, 5.74) is 0.653. The Morgan fingerprint density at radius 3 is 2.79 bits per heavy atom. The van der Waals surface area contributed by atoms with Crippen molar-refractivity contribution in [3.05, 3.63) is 54.1 Å². The van der Waals surface area contributed by atoms with Crippen LogP contribution in [-0.4, -0.2) is 16.5 Å². The molecule has 98 valence electrons. The van der Waals surface area contributed by atoms with Gasteiger partial charge in [0.1, 0.15) is 23.8 Å². The van der Waals surface area contributed by atoms with Crippen molar-refractivity contribution in [1.82, 2.24) is 9.97 Å². The molecular formula is C13H12ClFN4. The van der Waals surface area contributed by atoms with Crippen LogP contribution in [0.5, 0.6) is 0 Å². The van der Waals surface area contributed by atoms with Gasteiger partial charge in [-0.15, -0.1) is 6.58 Å². The fraction of sp³-hybridized carbons (Fsp3) is 0.0769. The molecule has 1 heterocycles. The van der Waals surface area contributed by atoms with E-state index in [-0.39, 0.29) is 5.02 Å². The van der Waals surface area contributed by atoms with E-state index in [9.17, 15) is 4.39 Å². The average Bonchev–Trinajstić information content (AvgIpc) is 2.41. The van der Waals surface area contributed by atoms with Gasteiger partial charge in [0.2, 0.25) is 0 Å². The maximum Gasteiger partial charge on any atom is 0.141 e. The highest BCUT2D eigenvalue weighted by Crippen LogP contribution is 2.22. The lowest BCUT2D eigenvalue weighted by atomic mass is 10.3. The van der Waals surface area contributed by atoms with E-state index in [1.165, 1.54) is 18.5 Å². The molecule has 0 bridgehead atoms. The first kappa shape index (κ1) is 13.3. The van der Waals surface area contributed by atoms with E-state index in [4.69, 9.17) is 11.6 Å². The zero-order chi connectivity index (χ0) is 13.7. The van der Waals surface area contributed by atoms with Gasteiger partial charge in [-0.2, -0.15) is 0 Å². The van der Waals surface area contributed by atoms with E-state index in [0.717, 1.165) is 0 Å². The van der Waals surface area contributed by atoms with Crippen molar-refractivity contribution in [1.29, 1.82) is 0 Å².